The first-order valence-electron chi connectivity index (χ1n) is 6.33. The van der Waals surface area contributed by atoms with Crippen molar-refractivity contribution in [3.63, 3.8) is 0 Å². The van der Waals surface area contributed by atoms with Gasteiger partial charge in [-0.25, -0.2) is 0 Å². The van der Waals surface area contributed by atoms with Gasteiger partial charge in [0.2, 0.25) is 0 Å². The Morgan fingerprint density at radius 1 is 1.44 bits per heavy atom. The van der Waals surface area contributed by atoms with Crippen LogP contribution in [0, 0.1) is 5.92 Å². The van der Waals surface area contributed by atoms with Crippen LogP contribution in [-0.2, 0) is 11.2 Å². The summed E-state index contributed by atoms with van der Waals surface area (Å²) in [6, 6.07) is 8.12. The molecule has 4 nitrogen and oxygen atoms in total. The predicted octanol–water partition coefficient (Wildman–Crippen LogP) is 1.49. The molecule has 3 N–H and O–H groups in total. The van der Waals surface area contributed by atoms with E-state index in [4.69, 9.17) is 10.8 Å². The molecular formula is C14H20N2O2. The Morgan fingerprint density at radius 2 is 2.11 bits per heavy atom. The average Bonchev–Trinajstić information content (AvgIpc) is 2.35. The van der Waals surface area contributed by atoms with Gasteiger partial charge in [-0.3, -0.25) is 4.79 Å². The van der Waals surface area contributed by atoms with Crippen LogP contribution in [0.3, 0.4) is 0 Å². The fourth-order valence-electron chi connectivity index (χ4n) is 2.52. The first-order valence-corrected chi connectivity index (χ1v) is 6.33. The van der Waals surface area contributed by atoms with Crippen molar-refractivity contribution in [1.29, 1.82) is 0 Å². The number of hydrogen-bond donors (Lipinski definition) is 2. The first-order chi connectivity index (χ1) is 8.50. The summed E-state index contributed by atoms with van der Waals surface area (Å²) in [6.45, 7) is 4.42. The Labute approximate surface area is 107 Å². The zero-order valence-electron chi connectivity index (χ0n) is 10.8. The zero-order valence-corrected chi connectivity index (χ0v) is 10.8. The lowest BCUT2D eigenvalue weighted by Crippen LogP contribution is -2.50. The van der Waals surface area contributed by atoms with Crippen LogP contribution < -0.4 is 10.6 Å². The summed E-state index contributed by atoms with van der Waals surface area (Å²) in [6.07, 6.45) is 0.862. The zero-order chi connectivity index (χ0) is 13.3. The minimum atomic E-state index is -0.765. The molecule has 4 heteroatoms. The van der Waals surface area contributed by atoms with Gasteiger partial charge in [0.15, 0.2) is 0 Å². The quantitative estimate of drug-likeness (QED) is 0.850. The van der Waals surface area contributed by atoms with Crippen molar-refractivity contribution >= 4 is 11.7 Å². The van der Waals surface area contributed by atoms with Crippen LogP contribution in [0.2, 0.25) is 0 Å². The Bertz CT molecular complexity index is 447. The molecule has 0 amide bonds. The molecule has 0 aliphatic carbocycles. The molecule has 0 spiro atoms. The third kappa shape index (κ3) is 2.34. The second kappa shape index (κ2) is 4.98. The average molecular weight is 248 g/mol. The van der Waals surface area contributed by atoms with Crippen LogP contribution in [0.1, 0.15) is 19.4 Å². The molecule has 2 rings (SSSR count). The Balaban J connectivity index is 2.31. The maximum Gasteiger partial charge on any atom is 0.308 e. The minimum Gasteiger partial charge on any atom is -0.481 e. The van der Waals surface area contributed by atoms with Gasteiger partial charge in [-0.2, -0.15) is 0 Å². The second-order valence-electron chi connectivity index (χ2n) is 5.11. The highest BCUT2D eigenvalue weighted by molar-refractivity contribution is 5.71. The lowest BCUT2D eigenvalue weighted by molar-refractivity contribution is -0.141. The maximum absolute atomic E-state index is 11.1. The molecule has 0 radical (unpaired) electrons. The second-order valence-corrected chi connectivity index (χ2v) is 5.11. The van der Waals surface area contributed by atoms with Gasteiger partial charge in [-0.05, 0) is 31.9 Å². The Morgan fingerprint density at radius 3 is 2.78 bits per heavy atom. The van der Waals surface area contributed by atoms with Gasteiger partial charge in [0, 0.05) is 24.3 Å². The number of carbonyl (C=O) groups is 1. The molecule has 0 saturated heterocycles. The van der Waals surface area contributed by atoms with Crippen molar-refractivity contribution < 1.29 is 9.90 Å². The maximum atomic E-state index is 11.1. The number of nitrogens with two attached hydrogens (primary N) is 1. The topological polar surface area (TPSA) is 66.6 Å². The van der Waals surface area contributed by atoms with Crippen LogP contribution >= 0.6 is 0 Å². The number of rotatable bonds is 3. The van der Waals surface area contributed by atoms with Gasteiger partial charge >= 0.3 is 5.97 Å². The van der Waals surface area contributed by atoms with E-state index < -0.39 is 11.9 Å². The largest absolute Gasteiger partial charge is 0.481 e. The molecule has 0 saturated carbocycles. The molecule has 18 heavy (non-hydrogen) atoms. The highest BCUT2D eigenvalue weighted by atomic mass is 16.4. The lowest BCUT2D eigenvalue weighted by Gasteiger charge is -2.40. The van der Waals surface area contributed by atoms with Crippen molar-refractivity contribution in [2.24, 2.45) is 11.7 Å². The summed E-state index contributed by atoms with van der Waals surface area (Å²) >= 11 is 0. The lowest BCUT2D eigenvalue weighted by atomic mass is 9.93. The van der Waals surface area contributed by atoms with Crippen molar-refractivity contribution in [3.8, 4) is 0 Å². The molecular weight excluding hydrogens is 228 g/mol. The summed E-state index contributed by atoms with van der Waals surface area (Å²) < 4.78 is 0. The van der Waals surface area contributed by atoms with Crippen molar-refractivity contribution in [3.05, 3.63) is 29.8 Å². The summed E-state index contributed by atoms with van der Waals surface area (Å²) in [4.78, 5) is 13.2. The number of fused-ring (bicyclic) bond motifs is 1. The SMILES string of the molecule is CC(C(=O)O)C(C)N1CC(N)Cc2ccccc21. The van der Waals surface area contributed by atoms with E-state index >= 15 is 0 Å². The van der Waals surface area contributed by atoms with E-state index in [1.807, 2.05) is 25.1 Å². The number of carboxylic acids is 1. The molecule has 1 aliphatic rings. The number of nitrogens with zero attached hydrogens (tertiary/aromatic N) is 1. The molecule has 1 aromatic carbocycles. The molecule has 1 aliphatic heterocycles. The van der Waals surface area contributed by atoms with E-state index in [9.17, 15) is 4.79 Å². The van der Waals surface area contributed by atoms with E-state index in [2.05, 4.69) is 11.0 Å². The van der Waals surface area contributed by atoms with Gasteiger partial charge < -0.3 is 15.7 Å². The molecule has 0 fully saturated rings. The van der Waals surface area contributed by atoms with Crippen LogP contribution in [0.4, 0.5) is 5.69 Å². The highest BCUT2D eigenvalue weighted by Crippen LogP contribution is 2.29. The van der Waals surface area contributed by atoms with Crippen LogP contribution in [-0.4, -0.2) is 29.7 Å². The van der Waals surface area contributed by atoms with Gasteiger partial charge in [-0.15, -0.1) is 0 Å². The molecule has 1 aromatic rings. The van der Waals surface area contributed by atoms with Gasteiger partial charge in [0.1, 0.15) is 0 Å². The third-order valence-electron chi connectivity index (χ3n) is 3.82. The van der Waals surface area contributed by atoms with Crippen molar-refractivity contribution in [2.75, 3.05) is 11.4 Å². The fourth-order valence-corrected chi connectivity index (χ4v) is 2.52. The summed E-state index contributed by atoms with van der Waals surface area (Å²) in [5.74, 6) is -1.18. The van der Waals surface area contributed by atoms with E-state index in [-0.39, 0.29) is 12.1 Å². The fraction of sp³-hybridized carbons (Fsp3) is 0.500. The Hall–Kier alpha value is -1.55. The summed E-state index contributed by atoms with van der Waals surface area (Å²) in [5.41, 5.74) is 8.40. The number of hydrogen-bond acceptors (Lipinski definition) is 3. The summed E-state index contributed by atoms with van der Waals surface area (Å²) in [5, 5.41) is 9.14. The van der Waals surface area contributed by atoms with E-state index in [0.717, 1.165) is 18.7 Å². The van der Waals surface area contributed by atoms with Crippen molar-refractivity contribution in [2.45, 2.75) is 32.4 Å². The number of aliphatic carboxylic acids is 1. The molecule has 3 unspecified atom stereocenters. The monoisotopic (exact) mass is 248 g/mol. The van der Waals surface area contributed by atoms with Crippen molar-refractivity contribution in [1.82, 2.24) is 0 Å². The van der Waals surface area contributed by atoms with Gasteiger partial charge in [0.05, 0.1) is 5.92 Å². The van der Waals surface area contributed by atoms with Gasteiger partial charge in [-0.1, -0.05) is 18.2 Å². The standard InChI is InChI=1S/C14H20N2O2/c1-9(14(17)18)10(2)16-8-12(15)7-11-5-3-4-6-13(11)16/h3-6,9-10,12H,7-8,15H2,1-2H3,(H,17,18). The summed E-state index contributed by atoms with van der Waals surface area (Å²) in [7, 11) is 0. The van der Waals surface area contributed by atoms with Crippen LogP contribution in [0.25, 0.3) is 0 Å². The van der Waals surface area contributed by atoms with Crippen LogP contribution in [0.5, 0.6) is 0 Å². The third-order valence-corrected chi connectivity index (χ3v) is 3.82. The molecule has 1 heterocycles. The van der Waals surface area contributed by atoms with E-state index in [0.29, 0.717) is 0 Å². The predicted molar refractivity (Wildman–Crippen MR) is 71.7 cm³/mol. The molecule has 0 bridgehead atoms. The van der Waals surface area contributed by atoms with Gasteiger partial charge in [0.25, 0.3) is 0 Å². The normalized spacial score (nSPS) is 22.2. The van der Waals surface area contributed by atoms with Crippen LogP contribution in [0.15, 0.2) is 24.3 Å². The smallest absolute Gasteiger partial charge is 0.308 e. The van der Waals surface area contributed by atoms with E-state index in [1.165, 1.54) is 5.56 Å². The van der Waals surface area contributed by atoms with E-state index in [1.54, 1.807) is 6.92 Å². The first kappa shape index (κ1) is 12.9. The minimum absolute atomic E-state index is 0.0602. The number of para-hydroxylation sites is 1. The number of benzene rings is 1. The molecule has 98 valence electrons. The molecule has 3 atom stereocenters. The number of carboxylic acid groups (broad SMARTS) is 1. The Kier molecular flexibility index (Phi) is 3.57. The highest BCUT2D eigenvalue weighted by Gasteiger charge is 2.30. The number of anilines is 1. The molecule has 0 aromatic heterocycles.